The second-order valence-electron chi connectivity index (χ2n) is 10.2. The molecule has 230 valence electrons. The van der Waals surface area contributed by atoms with E-state index in [1.807, 2.05) is 24.3 Å². The molecular formula is C29H36N6O8. The molecule has 3 rings (SSSR count). The number of fused-ring (bicyclic) bond motifs is 1. The maximum Gasteiger partial charge on any atom is 0.326 e. The van der Waals surface area contributed by atoms with Gasteiger partial charge in [0.1, 0.15) is 23.9 Å². The molecule has 14 nitrogen and oxygen atoms in total. The molecule has 1 heterocycles. The number of para-hydroxylation sites is 1. The summed E-state index contributed by atoms with van der Waals surface area (Å²) in [5.74, 6) is -4.75. The quantitative estimate of drug-likeness (QED) is 0.106. The number of H-pyrrole nitrogens is 1. The summed E-state index contributed by atoms with van der Waals surface area (Å²) >= 11 is 0. The van der Waals surface area contributed by atoms with Gasteiger partial charge in [-0.15, -0.1) is 0 Å². The second-order valence-corrected chi connectivity index (χ2v) is 10.2. The number of aromatic hydroxyl groups is 1. The number of hydrogen-bond acceptors (Lipinski definition) is 8. The molecule has 0 radical (unpaired) electrons. The van der Waals surface area contributed by atoms with E-state index in [2.05, 4.69) is 20.9 Å². The van der Waals surface area contributed by atoms with Crippen LogP contribution in [-0.4, -0.2) is 80.2 Å². The Morgan fingerprint density at radius 2 is 1.53 bits per heavy atom. The minimum absolute atomic E-state index is 0.0352. The number of aliphatic hydroxyl groups excluding tert-OH is 1. The summed E-state index contributed by atoms with van der Waals surface area (Å²) in [5, 5.41) is 37.5. The molecule has 11 N–H and O–H groups in total. The average molecular weight is 597 g/mol. The molecule has 2 aromatic carbocycles. The second kappa shape index (κ2) is 14.8. The van der Waals surface area contributed by atoms with Crippen LogP contribution in [0.5, 0.6) is 5.75 Å². The predicted molar refractivity (Wildman–Crippen MR) is 155 cm³/mol. The number of amides is 4. The van der Waals surface area contributed by atoms with Crippen LogP contribution in [0.1, 0.15) is 30.9 Å². The molecule has 0 saturated carbocycles. The normalized spacial score (nSPS) is 14.6. The first-order valence-electron chi connectivity index (χ1n) is 13.5. The minimum Gasteiger partial charge on any atom is -0.508 e. The molecule has 0 spiro atoms. The Morgan fingerprint density at radius 3 is 2.16 bits per heavy atom. The lowest BCUT2D eigenvalue weighted by Gasteiger charge is -2.26. The lowest BCUT2D eigenvalue weighted by molar-refractivity contribution is -0.142. The third-order valence-electron chi connectivity index (χ3n) is 6.82. The minimum atomic E-state index is -1.51. The molecule has 0 aliphatic rings. The number of nitrogens with one attached hydrogen (secondary N) is 4. The number of aliphatic hydroxyl groups is 1. The zero-order chi connectivity index (χ0) is 31.7. The molecule has 0 bridgehead atoms. The Balaban J connectivity index is 1.75. The predicted octanol–water partition coefficient (Wildman–Crippen LogP) is -0.829. The van der Waals surface area contributed by atoms with E-state index < -0.39 is 59.9 Å². The Morgan fingerprint density at radius 1 is 0.884 bits per heavy atom. The van der Waals surface area contributed by atoms with Crippen LogP contribution >= 0.6 is 0 Å². The number of nitrogens with two attached hydrogens (primary N) is 2. The van der Waals surface area contributed by atoms with E-state index in [4.69, 9.17) is 11.5 Å². The fourth-order valence-electron chi connectivity index (χ4n) is 4.45. The number of aromatic amines is 1. The maximum absolute atomic E-state index is 13.3. The molecule has 43 heavy (non-hydrogen) atoms. The van der Waals surface area contributed by atoms with Gasteiger partial charge in [-0.05, 0) is 49.1 Å². The molecule has 0 aliphatic carbocycles. The number of aliphatic carboxylic acids is 1. The number of carbonyl (C=O) groups excluding carboxylic acids is 4. The van der Waals surface area contributed by atoms with Crippen molar-refractivity contribution in [1.29, 1.82) is 0 Å². The van der Waals surface area contributed by atoms with Crippen molar-refractivity contribution in [3.05, 3.63) is 65.9 Å². The van der Waals surface area contributed by atoms with Gasteiger partial charge in [-0.2, -0.15) is 0 Å². The van der Waals surface area contributed by atoms with Gasteiger partial charge >= 0.3 is 5.97 Å². The van der Waals surface area contributed by atoms with Crippen LogP contribution in [0, 0.1) is 0 Å². The van der Waals surface area contributed by atoms with Gasteiger partial charge in [-0.3, -0.25) is 19.2 Å². The Bertz CT molecular complexity index is 1450. The third-order valence-corrected chi connectivity index (χ3v) is 6.82. The summed E-state index contributed by atoms with van der Waals surface area (Å²) in [6.45, 7) is 1.27. The molecule has 5 unspecified atom stereocenters. The fourth-order valence-corrected chi connectivity index (χ4v) is 4.45. The van der Waals surface area contributed by atoms with E-state index in [0.29, 0.717) is 5.56 Å². The Hall–Kier alpha value is -4.95. The van der Waals surface area contributed by atoms with Crippen LogP contribution in [0.15, 0.2) is 54.7 Å². The van der Waals surface area contributed by atoms with E-state index in [-0.39, 0.29) is 31.4 Å². The summed E-state index contributed by atoms with van der Waals surface area (Å²) in [7, 11) is 0. The van der Waals surface area contributed by atoms with Crippen molar-refractivity contribution < 1.29 is 39.3 Å². The van der Waals surface area contributed by atoms with E-state index in [1.165, 1.54) is 31.2 Å². The van der Waals surface area contributed by atoms with E-state index in [1.54, 1.807) is 6.20 Å². The number of hydrogen-bond donors (Lipinski definition) is 9. The van der Waals surface area contributed by atoms with Crippen molar-refractivity contribution >= 4 is 40.5 Å². The van der Waals surface area contributed by atoms with Gasteiger partial charge in [0, 0.05) is 29.9 Å². The molecule has 5 atom stereocenters. The molecule has 0 saturated heterocycles. The number of carboxylic acid groups (broad SMARTS) is 1. The van der Waals surface area contributed by atoms with Crippen molar-refractivity contribution in [2.75, 3.05) is 0 Å². The largest absolute Gasteiger partial charge is 0.508 e. The Kier molecular flexibility index (Phi) is 11.2. The number of rotatable bonds is 15. The first kappa shape index (κ1) is 32.6. The summed E-state index contributed by atoms with van der Waals surface area (Å²) in [4.78, 5) is 65.4. The number of carboxylic acids is 1. The molecule has 0 fully saturated rings. The van der Waals surface area contributed by atoms with E-state index in [0.717, 1.165) is 16.5 Å². The van der Waals surface area contributed by atoms with Crippen LogP contribution < -0.4 is 27.4 Å². The highest BCUT2D eigenvalue weighted by molar-refractivity contribution is 5.95. The van der Waals surface area contributed by atoms with Gasteiger partial charge in [-0.1, -0.05) is 30.3 Å². The molecule has 1 aromatic heterocycles. The lowest BCUT2D eigenvalue weighted by atomic mass is 10.0. The summed E-state index contributed by atoms with van der Waals surface area (Å²) in [5.41, 5.74) is 13.4. The fraction of sp³-hybridized carbons (Fsp3) is 0.345. The SMILES string of the molecule is CC(O)C(NC(=O)C(N)Cc1c[nH]c2ccccc12)C(=O)NC(Cc1ccc(O)cc1)C(=O)NC(CCC(N)=O)C(=O)O. The van der Waals surface area contributed by atoms with Crippen LogP contribution in [0.25, 0.3) is 10.9 Å². The van der Waals surface area contributed by atoms with Gasteiger partial charge in [0.2, 0.25) is 23.6 Å². The average Bonchev–Trinajstić information content (AvgIpc) is 3.36. The van der Waals surface area contributed by atoms with Crippen LogP contribution in [-0.2, 0) is 36.8 Å². The van der Waals surface area contributed by atoms with Crippen molar-refractivity contribution in [3.8, 4) is 5.75 Å². The molecule has 14 heteroatoms. The summed E-state index contributed by atoms with van der Waals surface area (Å²) in [6, 6.07) is 7.76. The molecule has 3 aromatic rings. The lowest BCUT2D eigenvalue weighted by Crippen LogP contribution is -2.60. The van der Waals surface area contributed by atoms with Gasteiger partial charge < -0.3 is 47.7 Å². The molecule has 0 aliphatic heterocycles. The van der Waals surface area contributed by atoms with Crippen LogP contribution in [0.2, 0.25) is 0 Å². The van der Waals surface area contributed by atoms with E-state index >= 15 is 0 Å². The Labute approximate surface area is 246 Å². The summed E-state index contributed by atoms with van der Waals surface area (Å²) in [6.07, 6.45) is -0.253. The first-order chi connectivity index (χ1) is 20.3. The number of carbonyl (C=O) groups is 5. The molecular weight excluding hydrogens is 560 g/mol. The maximum atomic E-state index is 13.3. The number of primary amides is 1. The van der Waals surface area contributed by atoms with Crippen molar-refractivity contribution in [1.82, 2.24) is 20.9 Å². The zero-order valence-corrected chi connectivity index (χ0v) is 23.4. The first-order valence-corrected chi connectivity index (χ1v) is 13.5. The van der Waals surface area contributed by atoms with Crippen molar-refractivity contribution in [3.63, 3.8) is 0 Å². The third kappa shape index (κ3) is 9.28. The molecule has 4 amide bonds. The summed E-state index contributed by atoms with van der Waals surface area (Å²) < 4.78 is 0. The highest BCUT2D eigenvalue weighted by atomic mass is 16.4. The highest BCUT2D eigenvalue weighted by Gasteiger charge is 2.33. The van der Waals surface area contributed by atoms with Gasteiger partial charge in [0.25, 0.3) is 0 Å². The number of benzene rings is 2. The zero-order valence-electron chi connectivity index (χ0n) is 23.4. The monoisotopic (exact) mass is 596 g/mol. The van der Waals surface area contributed by atoms with Crippen LogP contribution in [0.4, 0.5) is 0 Å². The standard InChI is InChI=1S/C29H36N6O8/c1-15(36)25(35-26(39)20(30)13-17-14-32-21-5-3-2-4-19(17)21)28(41)34-23(12-16-6-8-18(37)9-7-16)27(40)33-22(29(42)43)10-11-24(31)38/h2-9,14-15,20,22-23,25,32,36-37H,10-13,30H2,1H3,(H2,31,38)(H,33,40)(H,34,41)(H,35,39)(H,42,43). The smallest absolute Gasteiger partial charge is 0.326 e. The van der Waals surface area contributed by atoms with E-state index in [9.17, 15) is 39.3 Å². The highest BCUT2D eigenvalue weighted by Crippen LogP contribution is 2.19. The van der Waals surface area contributed by atoms with Crippen LogP contribution in [0.3, 0.4) is 0 Å². The van der Waals surface area contributed by atoms with Crippen molar-refractivity contribution in [2.24, 2.45) is 11.5 Å². The number of aromatic nitrogens is 1. The number of phenols is 1. The number of phenolic OH excluding ortho intramolecular Hbond substituents is 1. The topological polar surface area (TPSA) is 250 Å². The van der Waals surface area contributed by atoms with Gasteiger partial charge in [-0.25, -0.2) is 4.79 Å². The van der Waals surface area contributed by atoms with Gasteiger partial charge in [0.15, 0.2) is 0 Å². The van der Waals surface area contributed by atoms with Crippen molar-refractivity contribution in [2.45, 2.75) is 62.9 Å². The van der Waals surface area contributed by atoms with Gasteiger partial charge in [0.05, 0.1) is 12.1 Å².